The van der Waals surface area contributed by atoms with Gasteiger partial charge in [0.15, 0.2) is 4.96 Å². The van der Waals surface area contributed by atoms with Gasteiger partial charge in [-0.2, -0.15) is 0 Å². The van der Waals surface area contributed by atoms with Crippen LogP contribution in [0.2, 0.25) is 0 Å². The summed E-state index contributed by atoms with van der Waals surface area (Å²) in [6.07, 6.45) is 1.68. The van der Waals surface area contributed by atoms with Gasteiger partial charge in [0, 0.05) is 17.6 Å². The molecule has 6 nitrogen and oxygen atoms in total. The molecule has 0 aromatic carbocycles. The van der Waals surface area contributed by atoms with Gasteiger partial charge in [0.25, 0.3) is 5.56 Å². The summed E-state index contributed by atoms with van der Waals surface area (Å²) in [5, 5.41) is 1.80. The molecule has 0 spiro atoms. The van der Waals surface area contributed by atoms with Gasteiger partial charge in [-0.15, -0.1) is 11.3 Å². The number of hydrogen-bond acceptors (Lipinski definition) is 5. The zero-order valence-electron chi connectivity index (χ0n) is 10.4. The molecule has 0 unspecified atom stereocenters. The third-order valence-corrected chi connectivity index (χ3v) is 3.81. The molecule has 0 atom stereocenters. The Balaban J connectivity index is 2.10. The van der Waals surface area contributed by atoms with Crippen LogP contribution in [0.4, 0.5) is 0 Å². The monoisotopic (exact) mass is 277 g/mol. The molecule has 3 aromatic rings. The minimum absolute atomic E-state index is 0.146. The highest BCUT2D eigenvalue weighted by Gasteiger charge is 2.11. The van der Waals surface area contributed by atoms with Crippen molar-refractivity contribution in [2.24, 2.45) is 0 Å². The molecular weight excluding hydrogens is 266 g/mol. The van der Waals surface area contributed by atoms with Gasteiger partial charge in [-0.05, 0) is 13.8 Å². The summed E-state index contributed by atoms with van der Waals surface area (Å²) in [5.74, 6) is 0.155. The highest BCUT2D eigenvalue weighted by molar-refractivity contribution is 7.15. The van der Waals surface area contributed by atoms with Crippen molar-refractivity contribution < 1.29 is 4.42 Å². The molecule has 0 aliphatic rings. The molecular formula is C12H11N3O3S. The lowest BCUT2D eigenvalue weighted by Gasteiger charge is -2.03. The molecule has 0 amide bonds. The molecule has 19 heavy (non-hydrogen) atoms. The highest BCUT2D eigenvalue weighted by atomic mass is 32.1. The van der Waals surface area contributed by atoms with Gasteiger partial charge in [0.05, 0.1) is 17.9 Å². The second kappa shape index (κ2) is 4.20. The van der Waals surface area contributed by atoms with Crippen LogP contribution in [-0.2, 0) is 6.54 Å². The van der Waals surface area contributed by atoms with Crippen molar-refractivity contribution in [3.8, 4) is 0 Å². The Bertz CT molecular complexity index is 868. The van der Waals surface area contributed by atoms with Crippen LogP contribution in [0.25, 0.3) is 4.96 Å². The Morgan fingerprint density at radius 1 is 1.37 bits per heavy atom. The van der Waals surface area contributed by atoms with Crippen LogP contribution in [0.1, 0.15) is 17.1 Å². The standard InChI is InChI=1S/C12H11N3O3S/c1-7-8(2)18-12(17)15(7)6-9-5-10(16)14-3-4-19-11(14)13-9/h3-5H,6H2,1-2H3. The normalized spacial score (nSPS) is 11.3. The molecule has 7 heteroatoms. The van der Waals surface area contributed by atoms with Crippen molar-refractivity contribution >= 4 is 16.3 Å². The topological polar surface area (TPSA) is 69.5 Å². The minimum Gasteiger partial charge on any atom is -0.413 e. The van der Waals surface area contributed by atoms with Crippen molar-refractivity contribution in [3.63, 3.8) is 0 Å². The number of aryl methyl sites for hydroxylation is 1. The van der Waals surface area contributed by atoms with E-state index in [1.807, 2.05) is 0 Å². The molecule has 0 radical (unpaired) electrons. The number of aromatic nitrogens is 3. The Kier molecular flexibility index (Phi) is 2.63. The SMILES string of the molecule is Cc1oc(=O)n(Cc2cc(=O)n3ccsc3n2)c1C. The van der Waals surface area contributed by atoms with Crippen molar-refractivity contribution in [2.75, 3.05) is 0 Å². The predicted molar refractivity (Wildman–Crippen MR) is 70.9 cm³/mol. The van der Waals surface area contributed by atoms with E-state index in [1.165, 1.54) is 26.4 Å². The van der Waals surface area contributed by atoms with E-state index < -0.39 is 5.76 Å². The van der Waals surface area contributed by atoms with Gasteiger partial charge in [-0.25, -0.2) is 9.78 Å². The largest absolute Gasteiger partial charge is 0.419 e. The van der Waals surface area contributed by atoms with Crippen molar-refractivity contribution in [1.29, 1.82) is 0 Å². The summed E-state index contributed by atoms with van der Waals surface area (Å²) in [5.41, 5.74) is 1.16. The van der Waals surface area contributed by atoms with Gasteiger partial charge in [0.1, 0.15) is 5.76 Å². The number of nitrogens with zero attached hydrogens (tertiary/aromatic N) is 3. The van der Waals surface area contributed by atoms with Crippen LogP contribution >= 0.6 is 11.3 Å². The fraction of sp³-hybridized carbons (Fsp3) is 0.250. The Morgan fingerprint density at radius 2 is 2.16 bits per heavy atom. The summed E-state index contributed by atoms with van der Waals surface area (Å²) in [6, 6.07) is 1.44. The summed E-state index contributed by atoms with van der Waals surface area (Å²) in [7, 11) is 0. The first-order chi connectivity index (χ1) is 9.06. The van der Waals surface area contributed by atoms with Crippen LogP contribution in [0.5, 0.6) is 0 Å². The van der Waals surface area contributed by atoms with E-state index in [-0.39, 0.29) is 12.1 Å². The first kappa shape index (κ1) is 11.9. The summed E-state index contributed by atoms with van der Waals surface area (Å²) >= 11 is 1.38. The molecule has 0 fully saturated rings. The number of fused-ring (bicyclic) bond motifs is 1. The highest BCUT2D eigenvalue weighted by Crippen LogP contribution is 2.09. The fourth-order valence-electron chi connectivity index (χ4n) is 1.90. The first-order valence-electron chi connectivity index (χ1n) is 5.69. The van der Waals surface area contributed by atoms with Crippen LogP contribution in [-0.4, -0.2) is 14.0 Å². The quantitative estimate of drug-likeness (QED) is 0.705. The lowest BCUT2D eigenvalue weighted by molar-refractivity contribution is 0.465. The van der Waals surface area contributed by atoms with E-state index >= 15 is 0 Å². The molecule has 0 N–H and O–H groups in total. The summed E-state index contributed by atoms with van der Waals surface area (Å²) in [4.78, 5) is 28.5. The lowest BCUT2D eigenvalue weighted by Crippen LogP contribution is -2.20. The van der Waals surface area contributed by atoms with Gasteiger partial charge < -0.3 is 4.42 Å². The molecule has 3 heterocycles. The zero-order valence-corrected chi connectivity index (χ0v) is 11.2. The Morgan fingerprint density at radius 3 is 2.84 bits per heavy atom. The van der Waals surface area contributed by atoms with Gasteiger partial charge in [-0.1, -0.05) is 0 Å². The third kappa shape index (κ3) is 1.91. The molecule has 0 aliphatic heterocycles. The third-order valence-electron chi connectivity index (χ3n) is 3.05. The van der Waals surface area contributed by atoms with Crippen LogP contribution < -0.4 is 11.3 Å². The average Bonchev–Trinajstić information content (AvgIpc) is 2.91. The fourth-order valence-corrected chi connectivity index (χ4v) is 2.64. The summed E-state index contributed by atoms with van der Waals surface area (Å²) in [6.45, 7) is 3.78. The smallest absolute Gasteiger partial charge is 0.413 e. The molecule has 3 aromatic heterocycles. The first-order valence-corrected chi connectivity index (χ1v) is 6.57. The molecule has 0 aliphatic carbocycles. The maximum absolute atomic E-state index is 11.8. The van der Waals surface area contributed by atoms with Crippen LogP contribution in [0.3, 0.4) is 0 Å². The number of hydrogen-bond donors (Lipinski definition) is 0. The minimum atomic E-state index is -0.428. The Labute approximate surface area is 111 Å². The second-order valence-corrected chi connectivity index (χ2v) is 5.11. The molecule has 0 saturated carbocycles. The number of rotatable bonds is 2. The number of thiazole rings is 1. The van der Waals surface area contributed by atoms with Gasteiger partial charge >= 0.3 is 5.76 Å². The predicted octanol–water partition coefficient (Wildman–Crippen LogP) is 1.18. The van der Waals surface area contributed by atoms with E-state index in [4.69, 9.17) is 4.42 Å². The second-order valence-electron chi connectivity index (χ2n) is 4.24. The lowest BCUT2D eigenvalue weighted by atomic mass is 10.3. The van der Waals surface area contributed by atoms with Gasteiger partial charge in [-0.3, -0.25) is 13.8 Å². The van der Waals surface area contributed by atoms with E-state index in [1.54, 1.807) is 25.4 Å². The van der Waals surface area contributed by atoms with Crippen LogP contribution in [0.15, 0.2) is 31.6 Å². The maximum atomic E-state index is 11.8. The average molecular weight is 277 g/mol. The van der Waals surface area contributed by atoms with E-state index in [9.17, 15) is 9.59 Å². The van der Waals surface area contributed by atoms with Gasteiger partial charge in [0.2, 0.25) is 0 Å². The van der Waals surface area contributed by atoms with Crippen molar-refractivity contribution in [2.45, 2.75) is 20.4 Å². The molecule has 98 valence electrons. The van der Waals surface area contributed by atoms with Crippen molar-refractivity contribution in [1.82, 2.24) is 14.0 Å². The maximum Gasteiger partial charge on any atom is 0.419 e. The molecule has 3 rings (SSSR count). The number of oxazole rings is 1. The van der Waals surface area contributed by atoms with Crippen LogP contribution in [0, 0.1) is 13.8 Å². The molecule has 0 bridgehead atoms. The van der Waals surface area contributed by atoms with E-state index in [2.05, 4.69) is 4.98 Å². The molecule has 0 saturated heterocycles. The zero-order chi connectivity index (χ0) is 13.6. The Hall–Kier alpha value is -2.15. The summed E-state index contributed by atoms with van der Waals surface area (Å²) < 4.78 is 7.97. The van der Waals surface area contributed by atoms with E-state index in [0.717, 1.165) is 5.69 Å². The van der Waals surface area contributed by atoms with Crippen molar-refractivity contribution in [3.05, 3.63) is 55.7 Å². The van der Waals surface area contributed by atoms with E-state index in [0.29, 0.717) is 16.4 Å².